The number of benzene rings is 2. The molecule has 1 amide bonds. The van der Waals surface area contributed by atoms with Crippen LogP contribution >= 0.6 is 11.3 Å². The third-order valence-corrected chi connectivity index (χ3v) is 6.19. The molecule has 2 aromatic heterocycles. The zero-order chi connectivity index (χ0) is 24.4. The molecule has 0 saturated heterocycles. The molecule has 174 valence electrons. The molecule has 9 nitrogen and oxygen atoms in total. The van der Waals surface area contributed by atoms with Gasteiger partial charge in [0.2, 0.25) is 5.91 Å². The number of thiophene rings is 1. The summed E-state index contributed by atoms with van der Waals surface area (Å²) in [5.74, 6) is -0.509. The second-order valence-corrected chi connectivity index (χ2v) is 8.20. The van der Waals surface area contributed by atoms with Crippen LogP contribution in [0.2, 0.25) is 0 Å². The number of carboxylic acid groups (broad SMARTS) is 1. The maximum absolute atomic E-state index is 13.5. The Kier molecular flexibility index (Phi) is 6.33. The van der Waals surface area contributed by atoms with E-state index in [1.807, 2.05) is 6.07 Å². The molecule has 0 aliphatic heterocycles. The third-order valence-electron chi connectivity index (χ3n) is 5.32. The zero-order valence-corrected chi connectivity index (χ0v) is 19.4. The maximum atomic E-state index is 13.5. The molecular formula is C24H21N3O6S. The van der Waals surface area contributed by atoms with E-state index in [1.54, 1.807) is 49.4 Å². The molecule has 10 heteroatoms. The monoisotopic (exact) mass is 479 g/mol. The molecule has 0 aliphatic carbocycles. The van der Waals surface area contributed by atoms with Crippen molar-refractivity contribution >= 4 is 39.1 Å². The second-order valence-electron chi connectivity index (χ2n) is 7.35. The van der Waals surface area contributed by atoms with E-state index in [-0.39, 0.29) is 16.8 Å². The molecule has 0 bridgehead atoms. The second kappa shape index (κ2) is 9.36. The van der Waals surface area contributed by atoms with Gasteiger partial charge in [-0.3, -0.25) is 14.2 Å². The quantitative estimate of drug-likeness (QED) is 0.410. The van der Waals surface area contributed by atoms with Crippen molar-refractivity contribution in [2.45, 2.75) is 13.0 Å². The number of aromatic nitrogens is 2. The SMILES string of the molecule is COc1ccc(NC(=O)C(C)n2c(-c3ccccc3)nc3scc(C(=O)O)c3c2=O)cc1OC. The fourth-order valence-corrected chi connectivity index (χ4v) is 4.49. The van der Waals surface area contributed by atoms with E-state index < -0.39 is 23.5 Å². The summed E-state index contributed by atoms with van der Waals surface area (Å²) >= 11 is 1.07. The van der Waals surface area contributed by atoms with Crippen LogP contribution in [-0.4, -0.2) is 40.8 Å². The van der Waals surface area contributed by atoms with Gasteiger partial charge in [-0.1, -0.05) is 30.3 Å². The number of amides is 1. The van der Waals surface area contributed by atoms with E-state index in [9.17, 15) is 19.5 Å². The Bertz CT molecular complexity index is 1440. The smallest absolute Gasteiger partial charge is 0.337 e. The van der Waals surface area contributed by atoms with Crippen LogP contribution in [-0.2, 0) is 4.79 Å². The molecule has 2 heterocycles. The van der Waals surface area contributed by atoms with E-state index in [4.69, 9.17) is 9.47 Å². The average molecular weight is 480 g/mol. The summed E-state index contributed by atoms with van der Waals surface area (Å²) in [5.41, 5.74) is 0.327. The summed E-state index contributed by atoms with van der Waals surface area (Å²) < 4.78 is 11.7. The number of fused-ring (bicyclic) bond motifs is 1. The lowest BCUT2D eigenvalue weighted by molar-refractivity contribution is -0.118. The van der Waals surface area contributed by atoms with Crippen molar-refractivity contribution in [3.8, 4) is 22.9 Å². The van der Waals surface area contributed by atoms with E-state index in [0.717, 1.165) is 11.3 Å². The molecule has 34 heavy (non-hydrogen) atoms. The minimum Gasteiger partial charge on any atom is -0.493 e. The summed E-state index contributed by atoms with van der Waals surface area (Å²) in [7, 11) is 2.99. The lowest BCUT2D eigenvalue weighted by Gasteiger charge is -2.19. The minimum absolute atomic E-state index is 0.0250. The van der Waals surface area contributed by atoms with Crippen LogP contribution in [0.1, 0.15) is 23.3 Å². The van der Waals surface area contributed by atoms with Gasteiger partial charge in [-0.05, 0) is 19.1 Å². The Labute approximate surface area is 198 Å². The van der Waals surface area contributed by atoms with E-state index in [1.165, 1.54) is 24.2 Å². The Morgan fingerprint density at radius 2 is 1.79 bits per heavy atom. The first-order valence-corrected chi connectivity index (χ1v) is 11.1. The lowest BCUT2D eigenvalue weighted by Crippen LogP contribution is -2.33. The van der Waals surface area contributed by atoms with Crippen molar-refractivity contribution in [3.63, 3.8) is 0 Å². The molecule has 2 aromatic carbocycles. The number of nitrogens with zero attached hydrogens (tertiary/aromatic N) is 2. The highest BCUT2D eigenvalue weighted by atomic mass is 32.1. The summed E-state index contributed by atoms with van der Waals surface area (Å²) in [4.78, 5) is 43.3. The van der Waals surface area contributed by atoms with Crippen LogP contribution in [0.15, 0.2) is 58.7 Å². The summed E-state index contributed by atoms with van der Waals surface area (Å²) in [6, 6.07) is 12.9. The number of aromatic carboxylic acids is 1. The van der Waals surface area contributed by atoms with Crippen LogP contribution in [0.25, 0.3) is 21.6 Å². The standard InChI is InChI=1S/C24H21N3O6S/c1-13(21(28)25-15-9-10-17(32-2)18(11-15)33-3)27-20(14-7-5-4-6-8-14)26-22-19(23(27)29)16(12-34-22)24(30)31/h4-13H,1-3H3,(H,25,28)(H,30,31). The number of carbonyl (C=O) groups is 2. The number of hydrogen-bond acceptors (Lipinski definition) is 7. The van der Waals surface area contributed by atoms with Crippen molar-refractivity contribution < 1.29 is 24.2 Å². The number of anilines is 1. The first-order chi connectivity index (χ1) is 16.3. The van der Waals surface area contributed by atoms with Gasteiger partial charge < -0.3 is 19.9 Å². The average Bonchev–Trinajstić information content (AvgIpc) is 3.29. The maximum Gasteiger partial charge on any atom is 0.337 e. The molecular weight excluding hydrogens is 458 g/mol. The van der Waals surface area contributed by atoms with Gasteiger partial charge >= 0.3 is 5.97 Å². The molecule has 0 saturated carbocycles. The van der Waals surface area contributed by atoms with Crippen LogP contribution < -0.4 is 20.3 Å². The largest absolute Gasteiger partial charge is 0.493 e. The van der Waals surface area contributed by atoms with Crippen molar-refractivity contribution in [1.29, 1.82) is 0 Å². The third kappa shape index (κ3) is 4.11. The molecule has 0 radical (unpaired) electrons. The fraction of sp³-hybridized carbons (Fsp3) is 0.167. The van der Waals surface area contributed by atoms with E-state index >= 15 is 0 Å². The van der Waals surface area contributed by atoms with E-state index in [2.05, 4.69) is 10.3 Å². The highest BCUT2D eigenvalue weighted by Crippen LogP contribution is 2.31. The number of hydrogen-bond donors (Lipinski definition) is 2. The van der Waals surface area contributed by atoms with Crippen molar-refractivity contribution in [2.24, 2.45) is 0 Å². The zero-order valence-electron chi connectivity index (χ0n) is 18.6. The molecule has 1 unspecified atom stereocenters. The van der Waals surface area contributed by atoms with E-state index in [0.29, 0.717) is 27.6 Å². The molecule has 4 aromatic rings. The summed E-state index contributed by atoms with van der Waals surface area (Å²) in [6.45, 7) is 1.56. The first kappa shape index (κ1) is 23.0. The molecule has 2 N–H and O–H groups in total. The Hall–Kier alpha value is -4.18. The van der Waals surface area contributed by atoms with Crippen LogP contribution in [0, 0.1) is 0 Å². The topological polar surface area (TPSA) is 120 Å². The normalized spacial score (nSPS) is 11.7. The van der Waals surface area contributed by atoms with Gasteiger partial charge in [0, 0.05) is 22.7 Å². The summed E-state index contributed by atoms with van der Waals surface area (Å²) in [5, 5.41) is 13.7. The van der Waals surface area contributed by atoms with Gasteiger partial charge in [0.15, 0.2) is 11.5 Å². The molecule has 0 aliphatic rings. The molecule has 0 fully saturated rings. The van der Waals surface area contributed by atoms with Gasteiger partial charge in [-0.15, -0.1) is 11.3 Å². The minimum atomic E-state index is -1.23. The number of ether oxygens (including phenoxy) is 2. The molecule has 0 spiro atoms. The van der Waals surface area contributed by atoms with Gasteiger partial charge in [-0.25, -0.2) is 9.78 Å². The van der Waals surface area contributed by atoms with Crippen molar-refractivity contribution in [3.05, 3.63) is 69.8 Å². The molecule has 1 atom stereocenters. The number of rotatable bonds is 7. The summed E-state index contributed by atoms with van der Waals surface area (Å²) in [6.07, 6.45) is 0. The number of methoxy groups -OCH3 is 2. The predicted molar refractivity (Wildman–Crippen MR) is 129 cm³/mol. The highest BCUT2D eigenvalue weighted by Gasteiger charge is 2.26. The number of carboxylic acids is 1. The highest BCUT2D eigenvalue weighted by molar-refractivity contribution is 7.17. The fourth-order valence-electron chi connectivity index (χ4n) is 3.59. The first-order valence-electron chi connectivity index (χ1n) is 10.2. The van der Waals surface area contributed by atoms with Crippen LogP contribution in [0.4, 0.5) is 5.69 Å². The van der Waals surface area contributed by atoms with Crippen LogP contribution in [0.5, 0.6) is 11.5 Å². The predicted octanol–water partition coefficient (Wildman–Crippen LogP) is 4.04. The van der Waals surface area contributed by atoms with Gasteiger partial charge in [-0.2, -0.15) is 0 Å². The lowest BCUT2D eigenvalue weighted by atomic mass is 10.1. The van der Waals surface area contributed by atoms with Crippen LogP contribution in [0.3, 0.4) is 0 Å². The number of carbonyl (C=O) groups excluding carboxylic acids is 1. The van der Waals surface area contributed by atoms with Crippen molar-refractivity contribution in [1.82, 2.24) is 9.55 Å². The Morgan fingerprint density at radius 3 is 2.44 bits per heavy atom. The molecule has 4 rings (SSSR count). The van der Waals surface area contributed by atoms with Gasteiger partial charge in [0.1, 0.15) is 16.7 Å². The van der Waals surface area contributed by atoms with Gasteiger partial charge in [0.25, 0.3) is 5.56 Å². The Balaban J connectivity index is 1.82. The van der Waals surface area contributed by atoms with Gasteiger partial charge in [0.05, 0.1) is 25.2 Å². The Morgan fingerprint density at radius 1 is 1.09 bits per heavy atom. The van der Waals surface area contributed by atoms with Crippen molar-refractivity contribution in [2.75, 3.05) is 19.5 Å². The number of nitrogens with one attached hydrogen (secondary N) is 1.